The molecule has 0 fully saturated rings. The van der Waals surface area contributed by atoms with E-state index in [0.717, 1.165) is 19.3 Å². The first-order valence-corrected chi connectivity index (χ1v) is 7.77. The molecule has 0 saturated heterocycles. The number of hydrogen-bond acceptors (Lipinski definition) is 2. The minimum Gasteiger partial charge on any atom is -0.318 e. The van der Waals surface area contributed by atoms with Gasteiger partial charge >= 0.3 is 0 Å². The van der Waals surface area contributed by atoms with Crippen LogP contribution in [0.4, 0.5) is 0 Å². The van der Waals surface area contributed by atoms with Crippen molar-refractivity contribution in [3.8, 4) is 0 Å². The van der Waals surface area contributed by atoms with Crippen molar-refractivity contribution in [1.29, 1.82) is 0 Å². The molecule has 0 aromatic carbocycles. The summed E-state index contributed by atoms with van der Waals surface area (Å²) in [5, 5.41) is 0. The fourth-order valence-corrected chi connectivity index (χ4v) is 2.84. The molecule has 4 heteroatoms. The summed E-state index contributed by atoms with van der Waals surface area (Å²) in [5.41, 5.74) is 0. The van der Waals surface area contributed by atoms with Gasteiger partial charge in [0.1, 0.15) is 0 Å². The van der Waals surface area contributed by atoms with Crippen LogP contribution in [-0.2, 0) is 9.09 Å². The standard InChI is InChI=1S/C9H20ClO2P/c1-3-5-6-7-8-12-13(10,11)9-4-2/h3-9H2,1-2H3. The first-order valence-electron chi connectivity index (χ1n) is 5.05. The normalized spacial score (nSPS) is 15.6. The van der Waals surface area contributed by atoms with Crippen LogP contribution in [0.5, 0.6) is 0 Å². The number of unbranched alkanes of at least 4 members (excludes halogenated alkanes) is 3. The zero-order chi connectivity index (χ0) is 10.2. The smallest absolute Gasteiger partial charge is 0.290 e. The zero-order valence-corrected chi connectivity index (χ0v) is 10.2. The van der Waals surface area contributed by atoms with Crippen LogP contribution in [0.15, 0.2) is 0 Å². The molecule has 0 radical (unpaired) electrons. The average Bonchev–Trinajstić information content (AvgIpc) is 2.04. The summed E-state index contributed by atoms with van der Waals surface area (Å²) in [7, 11) is 0. The lowest BCUT2D eigenvalue weighted by molar-refractivity contribution is 0.311. The Morgan fingerprint density at radius 1 is 1.15 bits per heavy atom. The quantitative estimate of drug-likeness (QED) is 0.452. The SMILES string of the molecule is CCCCCCOP(=O)(Cl)CCC. The van der Waals surface area contributed by atoms with Gasteiger partial charge in [-0.15, -0.1) is 0 Å². The van der Waals surface area contributed by atoms with Gasteiger partial charge in [0.15, 0.2) is 0 Å². The highest BCUT2D eigenvalue weighted by molar-refractivity contribution is 7.85. The molecule has 13 heavy (non-hydrogen) atoms. The topological polar surface area (TPSA) is 26.3 Å². The third-order valence-corrected chi connectivity index (χ3v) is 4.12. The highest BCUT2D eigenvalue weighted by atomic mass is 35.7. The predicted octanol–water partition coefficient (Wildman–Crippen LogP) is 4.43. The Hall–Kier alpha value is 0.480. The summed E-state index contributed by atoms with van der Waals surface area (Å²) in [6.07, 6.45) is 5.82. The zero-order valence-electron chi connectivity index (χ0n) is 8.59. The van der Waals surface area contributed by atoms with Gasteiger partial charge in [0.25, 0.3) is 6.72 Å². The second-order valence-electron chi connectivity index (χ2n) is 3.21. The van der Waals surface area contributed by atoms with Crippen LogP contribution in [0.3, 0.4) is 0 Å². The van der Waals surface area contributed by atoms with Crippen molar-refractivity contribution in [2.75, 3.05) is 12.8 Å². The average molecular weight is 227 g/mol. The van der Waals surface area contributed by atoms with Crippen molar-refractivity contribution in [3.63, 3.8) is 0 Å². The molecule has 1 atom stereocenters. The van der Waals surface area contributed by atoms with Gasteiger partial charge < -0.3 is 4.52 Å². The van der Waals surface area contributed by atoms with Gasteiger partial charge in [-0.3, -0.25) is 4.57 Å². The lowest BCUT2D eigenvalue weighted by atomic mass is 10.2. The summed E-state index contributed by atoms with van der Waals surface area (Å²) in [6, 6.07) is 0. The summed E-state index contributed by atoms with van der Waals surface area (Å²) in [4.78, 5) is 0. The lowest BCUT2D eigenvalue weighted by Crippen LogP contribution is -1.92. The molecule has 0 aliphatic heterocycles. The molecule has 0 heterocycles. The van der Waals surface area contributed by atoms with Crippen molar-refractivity contribution < 1.29 is 9.09 Å². The largest absolute Gasteiger partial charge is 0.318 e. The Kier molecular flexibility index (Phi) is 8.13. The van der Waals surface area contributed by atoms with Gasteiger partial charge in [-0.05, 0) is 24.1 Å². The maximum Gasteiger partial charge on any atom is 0.290 e. The maximum atomic E-state index is 11.4. The first kappa shape index (κ1) is 13.5. The molecule has 1 unspecified atom stereocenters. The number of halogens is 1. The maximum absolute atomic E-state index is 11.4. The van der Waals surface area contributed by atoms with E-state index in [1.54, 1.807) is 0 Å². The van der Waals surface area contributed by atoms with E-state index in [-0.39, 0.29) is 0 Å². The summed E-state index contributed by atoms with van der Waals surface area (Å²) < 4.78 is 16.5. The molecule has 0 amide bonds. The third-order valence-electron chi connectivity index (χ3n) is 1.77. The van der Waals surface area contributed by atoms with Crippen LogP contribution in [-0.4, -0.2) is 12.8 Å². The van der Waals surface area contributed by atoms with Crippen molar-refractivity contribution in [2.45, 2.75) is 46.0 Å². The minimum absolute atomic E-state index is 0.488. The Bertz CT molecular complexity index is 162. The third kappa shape index (κ3) is 8.80. The molecule has 80 valence electrons. The van der Waals surface area contributed by atoms with E-state index in [9.17, 15) is 4.57 Å². The van der Waals surface area contributed by atoms with E-state index in [4.69, 9.17) is 15.8 Å². The highest BCUT2D eigenvalue weighted by Crippen LogP contribution is 2.52. The second kappa shape index (κ2) is 7.84. The van der Waals surface area contributed by atoms with Gasteiger partial charge in [0, 0.05) is 6.16 Å². The van der Waals surface area contributed by atoms with E-state index in [1.165, 1.54) is 12.8 Å². The fraction of sp³-hybridized carbons (Fsp3) is 1.00. The van der Waals surface area contributed by atoms with Crippen molar-refractivity contribution >= 4 is 18.0 Å². The summed E-state index contributed by atoms with van der Waals surface area (Å²) in [6.45, 7) is 1.88. The molecular weight excluding hydrogens is 207 g/mol. The van der Waals surface area contributed by atoms with E-state index in [2.05, 4.69) is 6.92 Å². The molecule has 0 saturated carbocycles. The molecule has 0 aliphatic rings. The van der Waals surface area contributed by atoms with Crippen LogP contribution in [0, 0.1) is 0 Å². The van der Waals surface area contributed by atoms with Crippen LogP contribution < -0.4 is 0 Å². The lowest BCUT2D eigenvalue weighted by Gasteiger charge is -2.09. The molecule has 0 spiro atoms. The molecular formula is C9H20ClO2P. The van der Waals surface area contributed by atoms with E-state index in [0.29, 0.717) is 12.8 Å². The molecule has 0 bridgehead atoms. The van der Waals surface area contributed by atoms with Crippen molar-refractivity contribution in [1.82, 2.24) is 0 Å². The predicted molar refractivity (Wildman–Crippen MR) is 58.7 cm³/mol. The van der Waals surface area contributed by atoms with Crippen LogP contribution in [0.25, 0.3) is 0 Å². The van der Waals surface area contributed by atoms with Gasteiger partial charge in [-0.2, -0.15) is 0 Å². The van der Waals surface area contributed by atoms with E-state index in [1.807, 2.05) is 6.92 Å². The molecule has 2 nitrogen and oxygen atoms in total. The summed E-state index contributed by atoms with van der Waals surface area (Å²) >= 11 is 5.68. The van der Waals surface area contributed by atoms with Gasteiger partial charge in [0.2, 0.25) is 0 Å². The molecule has 0 aromatic rings. The van der Waals surface area contributed by atoms with Crippen LogP contribution in [0.2, 0.25) is 0 Å². The number of hydrogen-bond donors (Lipinski definition) is 0. The Morgan fingerprint density at radius 2 is 1.85 bits per heavy atom. The first-order chi connectivity index (χ1) is 6.12. The van der Waals surface area contributed by atoms with E-state index < -0.39 is 6.72 Å². The summed E-state index contributed by atoms with van der Waals surface area (Å²) in [5.74, 6) is 0. The van der Waals surface area contributed by atoms with Gasteiger partial charge in [0.05, 0.1) is 6.61 Å². The van der Waals surface area contributed by atoms with Gasteiger partial charge in [-0.1, -0.05) is 33.1 Å². The number of rotatable bonds is 8. The van der Waals surface area contributed by atoms with Crippen LogP contribution in [0.1, 0.15) is 46.0 Å². The fourth-order valence-electron chi connectivity index (χ4n) is 1.06. The monoisotopic (exact) mass is 226 g/mol. The molecule has 0 aromatic heterocycles. The Balaban J connectivity index is 3.35. The molecule has 0 N–H and O–H groups in total. The van der Waals surface area contributed by atoms with Crippen LogP contribution >= 0.6 is 18.0 Å². The highest BCUT2D eigenvalue weighted by Gasteiger charge is 2.16. The molecule has 0 rings (SSSR count). The Labute approximate surface area is 86.2 Å². The minimum atomic E-state index is -2.77. The van der Waals surface area contributed by atoms with Gasteiger partial charge in [-0.25, -0.2) is 0 Å². The van der Waals surface area contributed by atoms with Crippen molar-refractivity contribution in [2.24, 2.45) is 0 Å². The van der Waals surface area contributed by atoms with E-state index >= 15 is 0 Å². The molecule has 0 aliphatic carbocycles. The second-order valence-corrected chi connectivity index (χ2v) is 6.64. The van der Waals surface area contributed by atoms with Crippen molar-refractivity contribution in [3.05, 3.63) is 0 Å². The Morgan fingerprint density at radius 3 is 2.38 bits per heavy atom.